The molecule has 0 unspecified atom stereocenters. The van der Waals surface area contributed by atoms with Gasteiger partial charge in [-0.15, -0.1) is 11.8 Å². The molecule has 0 spiro atoms. The van der Waals surface area contributed by atoms with Crippen LogP contribution in [-0.2, 0) is 0 Å². The fourth-order valence-corrected chi connectivity index (χ4v) is 2.48. The van der Waals surface area contributed by atoms with Crippen LogP contribution in [0.3, 0.4) is 0 Å². The summed E-state index contributed by atoms with van der Waals surface area (Å²) in [6.07, 6.45) is 0. The minimum atomic E-state index is -0.0592. The molecule has 1 aromatic carbocycles. The average Bonchev–Trinajstić information content (AvgIpc) is 2.15. The summed E-state index contributed by atoms with van der Waals surface area (Å²) < 4.78 is 0.199. The Morgan fingerprint density at radius 3 is 2.40 bits per heavy atom. The van der Waals surface area contributed by atoms with Crippen molar-refractivity contribution in [2.75, 3.05) is 6.54 Å². The standard InChI is InChI=1S/C12H20N2S/c1-12(2,3)15-11-7-5-4-6-9(11)10(14)8-13/h4-7,10H,8,13-14H2,1-3H3/t10-/m0/s1. The minimum Gasteiger partial charge on any atom is -0.329 e. The van der Waals surface area contributed by atoms with Crippen LogP contribution in [0.2, 0.25) is 0 Å². The van der Waals surface area contributed by atoms with Crippen LogP contribution in [0.25, 0.3) is 0 Å². The molecule has 2 nitrogen and oxygen atoms in total. The van der Waals surface area contributed by atoms with Gasteiger partial charge in [-0.2, -0.15) is 0 Å². The second-order valence-electron chi connectivity index (χ2n) is 4.59. The van der Waals surface area contributed by atoms with E-state index in [-0.39, 0.29) is 10.8 Å². The summed E-state index contributed by atoms with van der Waals surface area (Å²) >= 11 is 1.84. The van der Waals surface area contributed by atoms with Crippen LogP contribution in [0.4, 0.5) is 0 Å². The van der Waals surface area contributed by atoms with Crippen LogP contribution >= 0.6 is 11.8 Å². The van der Waals surface area contributed by atoms with Crippen LogP contribution in [0.15, 0.2) is 29.2 Å². The lowest BCUT2D eigenvalue weighted by atomic mass is 10.1. The fourth-order valence-electron chi connectivity index (χ4n) is 1.34. The first-order valence-corrected chi connectivity index (χ1v) is 5.99. The molecule has 1 atom stereocenters. The first-order chi connectivity index (χ1) is 6.94. The van der Waals surface area contributed by atoms with Crippen molar-refractivity contribution in [3.63, 3.8) is 0 Å². The highest BCUT2D eigenvalue weighted by Gasteiger charge is 2.16. The van der Waals surface area contributed by atoms with Gasteiger partial charge in [-0.3, -0.25) is 0 Å². The Morgan fingerprint density at radius 2 is 1.87 bits per heavy atom. The number of rotatable bonds is 3. The van der Waals surface area contributed by atoms with Crippen molar-refractivity contribution in [2.24, 2.45) is 11.5 Å². The number of benzene rings is 1. The molecule has 15 heavy (non-hydrogen) atoms. The Morgan fingerprint density at radius 1 is 1.27 bits per heavy atom. The van der Waals surface area contributed by atoms with Gasteiger partial charge in [0, 0.05) is 22.2 Å². The van der Waals surface area contributed by atoms with E-state index >= 15 is 0 Å². The molecule has 0 aliphatic carbocycles. The first kappa shape index (κ1) is 12.6. The molecule has 1 aromatic rings. The molecular formula is C12H20N2S. The summed E-state index contributed by atoms with van der Waals surface area (Å²) in [4.78, 5) is 1.24. The molecule has 0 radical (unpaired) electrons. The third-order valence-electron chi connectivity index (χ3n) is 1.99. The SMILES string of the molecule is CC(C)(C)Sc1ccccc1[C@@H](N)CN. The van der Waals surface area contributed by atoms with E-state index in [1.807, 2.05) is 23.9 Å². The lowest BCUT2D eigenvalue weighted by molar-refractivity contribution is 0.719. The zero-order chi connectivity index (χ0) is 11.5. The maximum Gasteiger partial charge on any atom is 0.0430 e. The van der Waals surface area contributed by atoms with Gasteiger partial charge >= 0.3 is 0 Å². The van der Waals surface area contributed by atoms with Gasteiger partial charge in [0.25, 0.3) is 0 Å². The van der Waals surface area contributed by atoms with Crippen LogP contribution in [0.1, 0.15) is 32.4 Å². The molecule has 84 valence electrons. The van der Waals surface area contributed by atoms with Gasteiger partial charge in [0.15, 0.2) is 0 Å². The van der Waals surface area contributed by atoms with Crippen molar-refractivity contribution in [1.82, 2.24) is 0 Å². The van der Waals surface area contributed by atoms with Gasteiger partial charge in [0.1, 0.15) is 0 Å². The Kier molecular flexibility index (Phi) is 4.20. The van der Waals surface area contributed by atoms with Gasteiger partial charge in [0.05, 0.1) is 0 Å². The van der Waals surface area contributed by atoms with E-state index in [0.29, 0.717) is 6.54 Å². The van der Waals surface area contributed by atoms with Crippen LogP contribution in [0.5, 0.6) is 0 Å². The predicted octanol–water partition coefficient (Wildman–Crippen LogP) is 2.54. The molecule has 0 fully saturated rings. The maximum absolute atomic E-state index is 5.98. The smallest absolute Gasteiger partial charge is 0.0430 e. The van der Waals surface area contributed by atoms with Crippen LogP contribution < -0.4 is 11.5 Å². The molecule has 0 aromatic heterocycles. The highest BCUT2D eigenvalue weighted by atomic mass is 32.2. The lowest BCUT2D eigenvalue weighted by Crippen LogP contribution is -2.22. The molecule has 4 N–H and O–H groups in total. The maximum atomic E-state index is 5.98. The number of hydrogen-bond acceptors (Lipinski definition) is 3. The van der Waals surface area contributed by atoms with E-state index in [1.165, 1.54) is 4.90 Å². The molecule has 0 bridgehead atoms. The summed E-state index contributed by atoms with van der Waals surface area (Å²) in [5.74, 6) is 0. The molecule has 0 heterocycles. The van der Waals surface area contributed by atoms with Gasteiger partial charge in [-0.05, 0) is 11.6 Å². The van der Waals surface area contributed by atoms with Gasteiger partial charge in [-0.1, -0.05) is 39.0 Å². The van der Waals surface area contributed by atoms with Crippen LogP contribution in [0, 0.1) is 0 Å². The van der Waals surface area contributed by atoms with E-state index < -0.39 is 0 Å². The van der Waals surface area contributed by atoms with E-state index in [2.05, 4.69) is 32.9 Å². The second kappa shape index (κ2) is 5.01. The number of hydrogen-bond donors (Lipinski definition) is 2. The molecule has 3 heteroatoms. The molecular weight excluding hydrogens is 204 g/mol. The van der Waals surface area contributed by atoms with Crippen molar-refractivity contribution in [1.29, 1.82) is 0 Å². The highest BCUT2D eigenvalue weighted by molar-refractivity contribution is 8.00. The average molecular weight is 224 g/mol. The van der Waals surface area contributed by atoms with Crippen LogP contribution in [-0.4, -0.2) is 11.3 Å². The summed E-state index contributed by atoms with van der Waals surface area (Å²) in [7, 11) is 0. The third kappa shape index (κ3) is 3.86. The van der Waals surface area contributed by atoms with E-state index in [4.69, 9.17) is 11.5 Å². The van der Waals surface area contributed by atoms with E-state index in [9.17, 15) is 0 Å². The minimum absolute atomic E-state index is 0.0592. The molecule has 0 aliphatic heterocycles. The zero-order valence-electron chi connectivity index (χ0n) is 9.66. The summed E-state index contributed by atoms with van der Waals surface area (Å²) in [6, 6.07) is 8.17. The predicted molar refractivity (Wildman–Crippen MR) is 68.0 cm³/mol. The Labute approximate surface area is 96.4 Å². The zero-order valence-corrected chi connectivity index (χ0v) is 10.5. The molecule has 0 saturated heterocycles. The highest BCUT2D eigenvalue weighted by Crippen LogP contribution is 2.35. The first-order valence-electron chi connectivity index (χ1n) is 5.17. The monoisotopic (exact) mass is 224 g/mol. The summed E-state index contributed by atoms with van der Waals surface area (Å²) in [6.45, 7) is 7.08. The molecule has 0 saturated carbocycles. The number of nitrogens with two attached hydrogens (primary N) is 2. The lowest BCUT2D eigenvalue weighted by Gasteiger charge is -2.21. The van der Waals surface area contributed by atoms with Gasteiger partial charge in [-0.25, -0.2) is 0 Å². The van der Waals surface area contributed by atoms with Gasteiger partial charge in [0.2, 0.25) is 0 Å². The molecule has 0 aliphatic rings. The van der Waals surface area contributed by atoms with Crippen molar-refractivity contribution < 1.29 is 0 Å². The van der Waals surface area contributed by atoms with Crippen molar-refractivity contribution in [2.45, 2.75) is 36.5 Å². The number of thioether (sulfide) groups is 1. The molecule has 1 rings (SSSR count). The normalized spacial score (nSPS) is 13.9. The van der Waals surface area contributed by atoms with E-state index in [0.717, 1.165) is 5.56 Å². The van der Waals surface area contributed by atoms with Crippen molar-refractivity contribution in [3.05, 3.63) is 29.8 Å². The Bertz CT molecular complexity index is 318. The van der Waals surface area contributed by atoms with Crippen molar-refractivity contribution in [3.8, 4) is 0 Å². The largest absolute Gasteiger partial charge is 0.329 e. The summed E-state index contributed by atoms with van der Waals surface area (Å²) in [5, 5.41) is 0. The summed E-state index contributed by atoms with van der Waals surface area (Å²) in [5.41, 5.74) is 12.7. The van der Waals surface area contributed by atoms with Gasteiger partial charge < -0.3 is 11.5 Å². The topological polar surface area (TPSA) is 52.0 Å². The Balaban J connectivity index is 2.96. The van der Waals surface area contributed by atoms with E-state index in [1.54, 1.807) is 0 Å². The Hall–Kier alpha value is -0.510. The third-order valence-corrected chi connectivity index (χ3v) is 3.19. The van der Waals surface area contributed by atoms with Crippen molar-refractivity contribution >= 4 is 11.8 Å². The molecule has 0 amide bonds. The second-order valence-corrected chi connectivity index (χ2v) is 6.46. The fraction of sp³-hybridized carbons (Fsp3) is 0.500. The quantitative estimate of drug-likeness (QED) is 0.776.